The van der Waals surface area contributed by atoms with E-state index in [0.717, 1.165) is 33.9 Å². The zero-order valence-corrected chi connectivity index (χ0v) is 15.0. The zero-order chi connectivity index (χ0) is 17.9. The lowest BCUT2D eigenvalue weighted by molar-refractivity contribution is 1.18. The van der Waals surface area contributed by atoms with Crippen molar-refractivity contribution in [2.45, 2.75) is 13.8 Å². The van der Waals surface area contributed by atoms with Crippen LogP contribution in [0.3, 0.4) is 0 Å². The number of nitrogens with zero attached hydrogens (tertiary/aromatic N) is 2. The SMILES string of the molecule is Cc1ccc(C)c(-c2cc(-c3ccccc3)nc(-c3ccccc3)n2)c1. The molecule has 0 aliphatic heterocycles. The van der Waals surface area contributed by atoms with Crippen LogP contribution < -0.4 is 0 Å². The second-order valence-electron chi connectivity index (χ2n) is 6.51. The number of hydrogen-bond donors (Lipinski definition) is 0. The van der Waals surface area contributed by atoms with Crippen molar-refractivity contribution < 1.29 is 0 Å². The summed E-state index contributed by atoms with van der Waals surface area (Å²) in [6.45, 7) is 4.24. The van der Waals surface area contributed by atoms with Crippen molar-refractivity contribution in [3.63, 3.8) is 0 Å². The Kier molecular flexibility index (Phi) is 4.32. The summed E-state index contributed by atoms with van der Waals surface area (Å²) in [5.74, 6) is 0.753. The van der Waals surface area contributed by atoms with Crippen molar-refractivity contribution >= 4 is 0 Å². The third-order valence-corrected chi connectivity index (χ3v) is 4.50. The average Bonchev–Trinajstić information content (AvgIpc) is 2.71. The molecule has 4 aromatic rings. The first kappa shape index (κ1) is 16.2. The molecule has 2 nitrogen and oxygen atoms in total. The summed E-state index contributed by atoms with van der Waals surface area (Å²) in [5, 5.41) is 0. The molecule has 2 heteroatoms. The van der Waals surface area contributed by atoms with Crippen LogP contribution in [0, 0.1) is 13.8 Å². The molecule has 0 unspecified atom stereocenters. The summed E-state index contributed by atoms with van der Waals surface area (Å²) >= 11 is 0. The Bertz CT molecular complexity index is 981. The van der Waals surface area contributed by atoms with E-state index in [2.05, 4.69) is 62.4 Å². The highest BCUT2D eigenvalue weighted by Gasteiger charge is 2.11. The minimum Gasteiger partial charge on any atom is -0.228 e. The molecule has 0 fully saturated rings. The molecular weight excluding hydrogens is 316 g/mol. The van der Waals surface area contributed by atoms with Gasteiger partial charge in [0.1, 0.15) is 0 Å². The van der Waals surface area contributed by atoms with Crippen LogP contribution in [0.15, 0.2) is 84.9 Å². The predicted molar refractivity (Wildman–Crippen MR) is 108 cm³/mol. The van der Waals surface area contributed by atoms with Crippen LogP contribution in [-0.2, 0) is 0 Å². The maximum absolute atomic E-state index is 4.89. The number of hydrogen-bond acceptors (Lipinski definition) is 2. The van der Waals surface area contributed by atoms with E-state index in [1.54, 1.807) is 0 Å². The fourth-order valence-corrected chi connectivity index (χ4v) is 3.07. The maximum atomic E-state index is 4.89. The Morgan fingerprint density at radius 2 is 1.19 bits per heavy atom. The van der Waals surface area contributed by atoms with Gasteiger partial charge in [-0.1, -0.05) is 78.4 Å². The summed E-state index contributed by atoms with van der Waals surface area (Å²) in [4.78, 5) is 9.73. The van der Waals surface area contributed by atoms with Gasteiger partial charge in [0.15, 0.2) is 5.82 Å². The first-order valence-corrected chi connectivity index (χ1v) is 8.78. The highest BCUT2D eigenvalue weighted by Crippen LogP contribution is 2.29. The molecule has 0 atom stereocenters. The van der Waals surface area contributed by atoms with Gasteiger partial charge in [0.05, 0.1) is 11.4 Å². The average molecular weight is 336 g/mol. The lowest BCUT2D eigenvalue weighted by Gasteiger charge is -2.11. The number of benzene rings is 3. The van der Waals surface area contributed by atoms with Crippen LogP contribution in [0.5, 0.6) is 0 Å². The largest absolute Gasteiger partial charge is 0.228 e. The number of aryl methyl sites for hydroxylation is 2. The van der Waals surface area contributed by atoms with Crippen molar-refractivity contribution in [3.8, 4) is 33.9 Å². The minimum atomic E-state index is 0.753. The standard InChI is InChI=1S/C24H20N2/c1-17-13-14-18(2)21(15-17)23-16-22(19-9-5-3-6-10-19)25-24(26-23)20-11-7-4-8-12-20/h3-16H,1-2H3. The van der Waals surface area contributed by atoms with Gasteiger partial charge in [-0.2, -0.15) is 0 Å². The molecule has 0 radical (unpaired) electrons. The van der Waals surface area contributed by atoms with Crippen LogP contribution >= 0.6 is 0 Å². The molecule has 26 heavy (non-hydrogen) atoms. The lowest BCUT2D eigenvalue weighted by atomic mass is 10.0. The monoisotopic (exact) mass is 336 g/mol. The Balaban J connectivity index is 1.95. The van der Waals surface area contributed by atoms with Gasteiger partial charge in [0.25, 0.3) is 0 Å². The smallest absolute Gasteiger partial charge is 0.160 e. The predicted octanol–water partition coefficient (Wildman–Crippen LogP) is 6.09. The lowest BCUT2D eigenvalue weighted by Crippen LogP contribution is -1.97. The molecule has 126 valence electrons. The Morgan fingerprint density at radius 3 is 1.88 bits per heavy atom. The van der Waals surface area contributed by atoms with Gasteiger partial charge < -0.3 is 0 Å². The Labute approximate surface area is 154 Å². The topological polar surface area (TPSA) is 25.8 Å². The zero-order valence-electron chi connectivity index (χ0n) is 15.0. The Hall–Kier alpha value is -3.26. The van der Waals surface area contributed by atoms with E-state index in [0.29, 0.717) is 0 Å². The van der Waals surface area contributed by atoms with Gasteiger partial charge in [-0.15, -0.1) is 0 Å². The van der Waals surface area contributed by atoms with E-state index in [1.165, 1.54) is 11.1 Å². The summed E-state index contributed by atoms with van der Waals surface area (Å²) < 4.78 is 0. The van der Waals surface area contributed by atoms with Gasteiger partial charge in [0.2, 0.25) is 0 Å². The van der Waals surface area contributed by atoms with Crippen LogP contribution in [0.4, 0.5) is 0 Å². The first-order valence-electron chi connectivity index (χ1n) is 8.78. The van der Waals surface area contributed by atoms with Crippen molar-refractivity contribution in [2.24, 2.45) is 0 Å². The molecule has 0 saturated carbocycles. The van der Waals surface area contributed by atoms with Gasteiger partial charge in [-0.05, 0) is 31.5 Å². The van der Waals surface area contributed by atoms with E-state index in [1.807, 2.05) is 36.4 Å². The molecule has 1 heterocycles. The van der Waals surface area contributed by atoms with Crippen LogP contribution in [0.1, 0.15) is 11.1 Å². The third kappa shape index (κ3) is 3.27. The van der Waals surface area contributed by atoms with Crippen LogP contribution in [-0.4, -0.2) is 9.97 Å². The molecule has 0 aliphatic carbocycles. The molecule has 0 aliphatic rings. The normalized spacial score (nSPS) is 10.7. The van der Waals surface area contributed by atoms with Crippen molar-refractivity contribution in [1.82, 2.24) is 9.97 Å². The quantitative estimate of drug-likeness (QED) is 0.452. The van der Waals surface area contributed by atoms with Crippen LogP contribution in [0.2, 0.25) is 0 Å². The summed E-state index contributed by atoms with van der Waals surface area (Å²) in [6.07, 6.45) is 0. The molecule has 0 N–H and O–H groups in total. The third-order valence-electron chi connectivity index (χ3n) is 4.50. The van der Waals surface area contributed by atoms with Gasteiger partial charge in [0, 0.05) is 16.7 Å². The molecule has 0 bridgehead atoms. The molecule has 1 aromatic heterocycles. The van der Waals surface area contributed by atoms with Gasteiger partial charge in [-0.3, -0.25) is 0 Å². The molecule has 3 aromatic carbocycles. The molecule has 4 rings (SSSR count). The van der Waals surface area contributed by atoms with E-state index in [4.69, 9.17) is 9.97 Å². The highest BCUT2D eigenvalue weighted by atomic mass is 14.9. The number of aromatic nitrogens is 2. The van der Waals surface area contributed by atoms with Crippen molar-refractivity contribution in [1.29, 1.82) is 0 Å². The van der Waals surface area contributed by atoms with E-state index < -0.39 is 0 Å². The molecule has 0 amide bonds. The second-order valence-corrected chi connectivity index (χ2v) is 6.51. The Morgan fingerprint density at radius 1 is 0.577 bits per heavy atom. The summed E-state index contributed by atoms with van der Waals surface area (Å²) in [7, 11) is 0. The highest BCUT2D eigenvalue weighted by molar-refractivity contribution is 5.73. The van der Waals surface area contributed by atoms with Gasteiger partial charge in [-0.25, -0.2) is 9.97 Å². The van der Waals surface area contributed by atoms with E-state index in [9.17, 15) is 0 Å². The summed E-state index contributed by atoms with van der Waals surface area (Å²) in [5.41, 5.74) is 7.62. The second kappa shape index (κ2) is 6.93. The minimum absolute atomic E-state index is 0.753. The van der Waals surface area contributed by atoms with Crippen molar-refractivity contribution in [2.75, 3.05) is 0 Å². The maximum Gasteiger partial charge on any atom is 0.160 e. The fraction of sp³-hybridized carbons (Fsp3) is 0.0833. The van der Waals surface area contributed by atoms with Gasteiger partial charge >= 0.3 is 0 Å². The first-order chi connectivity index (χ1) is 12.7. The molecule has 0 saturated heterocycles. The number of rotatable bonds is 3. The van der Waals surface area contributed by atoms with Crippen LogP contribution in [0.25, 0.3) is 33.9 Å². The molecule has 0 spiro atoms. The van der Waals surface area contributed by atoms with E-state index >= 15 is 0 Å². The molecular formula is C24H20N2. The van der Waals surface area contributed by atoms with Crippen molar-refractivity contribution in [3.05, 3.63) is 96.1 Å². The van der Waals surface area contributed by atoms with E-state index in [-0.39, 0.29) is 0 Å². The fourth-order valence-electron chi connectivity index (χ4n) is 3.07. The summed E-state index contributed by atoms with van der Waals surface area (Å²) in [6, 6.07) is 29.0.